The first-order valence-electron chi connectivity index (χ1n) is 7.85. The standard InChI is InChI=1S/C17H25NO3/c1-13-3-5-15(6-4-13)16(19)11-18-9-7-17(8-10-18)20-12-14(2)21-17/h3-6,14,16,19H,7-12H2,1-2H3. The Balaban J connectivity index is 1.52. The monoisotopic (exact) mass is 291 g/mol. The summed E-state index contributed by atoms with van der Waals surface area (Å²) in [6.07, 6.45) is 1.55. The van der Waals surface area contributed by atoms with E-state index in [9.17, 15) is 5.11 Å². The molecule has 4 nitrogen and oxygen atoms in total. The largest absolute Gasteiger partial charge is 0.387 e. The van der Waals surface area contributed by atoms with Gasteiger partial charge in [0, 0.05) is 32.5 Å². The average molecular weight is 291 g/mol. The molecule has 2 atom stereocenters. The third kappa shape index (κ3) is 3.46. The molecule has 0 amide bonds. The van der Waals surface area contributed by atoms with E-state index in [1.807, 2.05) is 24.3 Å². The normalized spacial score (nSPS) is 27.1. The van der Waals surface area contributed by atoms with E-state index in [1.165, 1.54) is 5.56 Å². The van der Waals surface area contributed by atoms with Crippen LogP contribution in [-0.4, -0.2) is 48.1 Å². The quantitative estimate of drug-likeness (QED) is 0.927. The van der Waals surface area contributed by atoms with Crippen LogP contribution in [0.4, 0.5) is 0 Å². The van der Waals surface area contributed by atoms with Gasteiger partial charge in [-0.3, -0.25) is 0 Å². The van der Waals surface area contributed by atoms with Gasteiger partial charge >= 0.3 is 0 Å². The lowest BCUT2D eigenvalue weighted by Gasteiger charge is -2.38. The second kappa shape index (κ2) is 6.05. The van der Waals surface area contributed by atoms with E-state index in [0.29, 0.717) is 13.2 Å². The Morgan fingerprint density at radius 2 is 1.95 bits per heavy atom. The predicted molar refractivity (Wildman–Crippen MR) is 81.0 cm³/mol. The molecular weight excluding hydrogens is 266 g/mol. The van der Waals surface area contributed by atoms with Crippen molar-refractivity contribution in [3.63, 3.8) is 0 Å². The molecule has 1 aromatic rings. The summed E-state index contributed by atoms with van der Waals surface area (Å²) in [4.78, 5) is 2.30. The van der Waals surface area contributed by atoms with Crippen LogP contribution in [0.2, 0.25) is 0 Å². The van der Waals surface area contributed by atoms with E-state index in [1.54, 1.807) is 0 Å². The minimum atomic E-state index is -0.427. The number of hydrogen-bond donors (Lipinski definition) is 1. The van der Waals surface area contributed by atoms with Crippen molar-refractivity contribution in [3.05, 3.63) is 35.4 Å². The van der Waals surface area contributed by atoms with Gasteiger partial charge in [-0.25, -0.2) is 0 Å². The zero-order valence-electron chi connectivity index (χ0n) is 12.9. The second-order valence-corrected chi connectivity index (χ2v) is 6.38. The number of aliphatic hydroxyl groups excluding tert-OH is 1. The van der Waals surface area contributed by atoms with Crippen LogP contribution in [0.3, 0.4) is 0 Å². The maximum atomic E-state index is 10.4. The molecule has 1 N–H and O–H groups in total. The molecule has 0 radical (unpaired) electrons. The summed E-state index contributed by atoms with van der Waals surface area (Å²) in [5.41, 5.74) is 2.21. The van der Waals surface area contributed by atoms with Crippen molar-refractivity contribution in [1.29, 1.82) is 0 Å². The van der Waals surface area contributed by atoms with Crippen molar-refractivity contribution in [2.45, 2.75) is 44.7 Å². The number of aliphatic hydroxyl groups is 1. The minimum absolute atomic E-state index is 0.203. The fraction of sp³-hybridized carbons (Fsp3) is 0.647. The molecule has 0 saturated carbocycles. The summed E-state index contributed by atoms with van der Waals surface area (Å²) >= 11 is 0. The molecule has 2 unspecified atom stereocenters. The first-order chi connectivity index (χ1) is 10.1. The van der Waals surface area contributed by atoms with Gasteiger partial charge in [0.15, 0.2) is 5.79 Å². The lowest BCUT2D eigenvalue weighted by molar-refractivity contribution is -0.194. The molecule has 4 heteroatoms. The molecule has 0 aromatic heterocycles. The van der Waals surface area contributed by atoms with Crippen LogP contribution in [-0.2, 0) is 9.47 Å². The molecule has 2 aliphatic heterocycles. The number of likely N-dealkylation sites (tertiary alicyclic amines) is 1. The van der Waals surface area contributed by atoms with E-state index in [2.05, 4.69) is 18.7 Å². The van der Waals surface area contributed by atoms with Gasteiger partial charge in [-0.2, -0.15) is 0 Å². The highest BCUT2D eigenvalue weighted by Crippen LogP contribution is 2.34. The molecule has 0 aliphatic carbocycles. The van der Waals surface area contributed by atoms with Gasteiger partial charge in [0.25, 0.3) is 0 Å². The maximum Gasteiger partial charge on any atom is 0.171 e. The van der Waals surface area contributed by atoms with Gasteiger partial charge in [0.05, 0.1) is 18.8 Å². The van der Waals surface area contributed by atoms with E-state index in [-0.39, 0.29) is 11.9 Å². The van der Waals surface area contributed by atoms with E-state index in [0.717, 1.165) is 31.5 Å². The number of aryl methyl sites for hydroxylation is 1. The molecule has 2 fully saturated rings. The molecule has 1 aromatic carbocycles. The zero-order valence-corrected chi connectivity index (χ0v) is 12.9. The Morgan fingerprint density at radius 1 is 1.29 bits per heavy atom. The van der Waals surface area contributed by atoms with Crippen molar-refractivity contribution in [3.8, 4) is 0 Å². The average Bonchev–Trinajstić information content (AvgIpc) is 2.83. The van der Waals surface area contributed by atoms with Gasteiger partial charge < -0.3 is 19.5 Å². The summed E-state index contributed by atoms with van der Waals surface area (Å²) in [6, 6.07) is 8.11. The van der Waals surface area contributed by atoms with E-state index >= 15 is 0 Å². The molecule has 2 aliphatic rings. The fourth-order valence-electron chi connectivity index (χ4n) is 3.18. The smallest absolute Gasteiger partial charge is 0.171 e. The highest BCUT2D eigenvalue weighted by Gasteiger charge is 2.42. The van der Waals surface area contributed by atoms with Crippen molar-refractivity contribution >= 4 is 0 Å². The van der Waals surface area contributed by atoms with Gasteiger partial charge in [-0.05, 0) is 19.4 Å². The Bertz CT molecular complexity index is 465. The maximum absolute atomic E-state index is 10.4. The van der Waals surface area contributed by atoms with Crippen molar-refractivity contribution in [2.75, 3.05) is 26.2 Å². The minimum Gasteiger partial charge on any atom is -0.387 e. The Morgan fingerprint density at radius 3 is 2.52 bits per heavy atom. The lowest BCUT2D eigenvalue weighted by Crippen LogP contribution is -2.46. The number of benzene rings is 1. The predicted octanol–water partition coefficient (Wildman–Crippen LogP) is 2.26. The van der Waals surface area contributed by atoms with Crippen LogP contribution in [0, 0.1) is 6.92 Å². The summed E-state index contributed by atoms with van der Waals surface area (Å²) in [5.74, 6) is -0.356. The van der Waals surface area contributed by atoms with Crippen LogP contribution < -0.4 is 0 Å². The Labute approximate surface area is 126 Å². The van der Waals surface area contributed by atoms with Gasteiger partial charge in [-0.15, -0.1) is 0 Å². The Kier molecular flexibility index (Phi) is 4.31. The molecule has 21 heavy (non-hydrogen) atoms. The molecule has 2 heterocycles. The number of β-amino-alcohol motifs (C(OH)–C–C–N with tert-alkyl or cyclic N) is 1. The topological polar surface area (TPSA) is 41.9 Å². The van der Waals surface area contributed by atoms with Crippen LogP contribution in [0.1, 0.15) is 37.0 Å². The lowest BCUT2D eigenvalue weighted by atomic mass is 10.0. The van der Waals surface area contributed by atoms with Crippen LogP contribution in [0.25, 0.3) is 0 Å². The SMILES string of the molecule is Cc1ccc(C(O)CN2CCC3(CC2)OCC(C)O3)cc1. The summed E-state index contributed by atoms with van der Waals surface area (Å²) in [5, 5.41) is 10.4. The summed E-state index contributed by atoms with van der Waals surface area (Å²) < 4.78 is 11.8. The van der Waals surface area contributed by atoms with E-state index < -0.39 is 6.10 Å². The first-order valence-corrected chi connectivity index (χ1v) is 7.85. The summed E-state index contributed by atoms with van der Waals surface area (Å²) in [7, 11) is 0. The number of rotatable bonds is 3. The molecular formula is C17H25NO3. The van der Waals surface area contributed by atoms with E-state index in [4.69, 9.17) is 9.47 Å². The van der Waals surface area contributed by atoms with Gasteiger partial charge in [0.2, 0.25) is 0 Å². The highest BCUT2D eigenvalue weighted by molar-refractivity contribution is 5.23. The van der Waals surface area contributed by atoms with Crippen molar-refractivity contribution in [2.24, 2.45) is 0 Å². The van der Waals surface area contributed by atoms with Crippen molar-refractivity contribution < 1.29 is 14.6 Å². The third-order valence-corrected chi connectivity index (χ3v) is 4.51. The summed E-state index contributed by atoms with van der Waals surface area (Å²) in [6.45, 7) is 7.32. The Hall–Kier alpha value is -0.940. The molecule has 2 saturated heterocycles. The molecule has 116 valence electrons. The van der Waals surface area contributed by atoms with Crippen LogP contribution in [0.15, 0.2) is 24.3 Å². The zero-order chi connectivity index (χ0) is 14.9. The van der Waals surface area contributed by atoms with Crippen LogP contribution in [0.5, 0.6) is 0 Å². The van der Waals surface area contributed by atoms with Crippen molar-refractivity contribution in [1.82, 2.24) is 4.90 Å². The first kappa shape index (κ1) is 15.0. The molecule has 0 bridgehead atoms. The number of nitrogens with zero attached hydrogens (tertiary/aromatic N) is 1. The number of hydrogen-bond acceptors (Lipinski definition) is 4. The third-order valence-electron chi connectivity index (χ3n) is 4.51. The molecule has 3 rings (SSSR count). The highest BCUT2D eigenvalue weighted by atomic mass is 16.7. The van der Waals surface area contributed by atoms with Gasteiger partial charge in [0.1, 0.15) is 0 Å². The van der Waals surface area contributed by atoms with Crippen LogP contribution >= 0.6 is 0 Å². The van der Waals surface area contributed by atoms with Gasteiger partial charge in [-0.1, -0.05) is 29.8 Å². The fourth-order valence-corrected chi connectivity index (χ4v) is 3.18. The second-order valence-electron chi connectivity index (χ2n) is 6.38. The number of piperidine rings is 1. The number of ether oxygens (including phenoxy) is 2. The molecule has 1 spiro atoms.